The number of hydrogen-bond acceptors (Lipinski definition) is 6. The van der Waals surface area contributed by atoms with Gasteiger partial charge in [-0.3, -0.25) is 4.72 Å². The Kier molecular flexibility index (Phi) is 7.25. The summed E-state index contributed by atoms with van der Waals surface area (Å²) in [4.78, 5) is 16.3. The molecule has 10 heteroatoms. The SMILES string of the molecule is COC(=O)c1c(F)cccc1-c1ccc(CNc2ccc(NS(=O)(=O)c3ccccc3)cn2)c(F)c1. The van der Waals surface area contributed by atoms with Gasteiger partial charge in [0, 0.05) is 12.1 Å². The van der Waals surface area contributed by atoms with Crippen LogP contribution in [-0.4, -0.2) is 26.5 Å². The zero-order chi connectivity index (χ0) is 25.7. The molecule has 4 rings (SSSR count). The highest BCUT2D eigenvalue weighted by Crippen LogP contribution is 2.28. The molecule has 0 spiro atoms. The number of nitrogens with one attached hydrogen (secondary N) is 2. The fraction of sp³-hybridized carbons (Fsp3) is 0.0769. The van der Waals surface area contributed by atoms with E-state index in [4.69, 9.17) is 0 Å². The van der Waals surface area contributed by atoms with Crippen LogP contribution in [0.15, 0.2) is 90.0 Å². The first-order chi connectivity index (χ1) is 17.3. The summed E-state index contributed by atoms with van der Waals surface area (Å²) in [6.07, 6.45) is 1.35. The Hall–Kier alpha value is -4.31. The fourth-order valence-corrected chi connectivity index (χ4v) is 4.56. The van der Waals surface area contributed by atoms with Crippen molar-refractivity contribution >= 4 is 27.5 Å². The van der Waals surface area contributed by atoms with Gasteiger partial charge in [-0.15, -0.1) is 0 Å². The van der Waals surface area contributed by atoms with Gasteiger partial charge in [-0.2, -0.15) is 0 Å². The Morgan fingerprint density at radius 2 is 1.72 bits per heavy atom. The molecule has 2 N–H and O–H groups in total. The predicted molar refractivity (Wildman–Crippen MR) is 132 cm³/mol. The van der Waals surface area contributed by atoms with Crippen molar-refractivity contribution in [1.82, 2.24) is 4.98 Å². The molecule has 0 amide bonds. The van der Waals surface area contributed by atoms with Crippen molar-refractivity contribution < 1.29 is 26.7 Å². The largest absolute Gasteiger partial charge is 0.465 e. The molecule has 7 nitrogen and oxygen atoms in total. The topological polar surface area (TPSA) is 97.4 Å². The summed E-state index contributed by atoms with van der Waals surface area (Å²) in [5.74, 6) is -1.77. The number of ether oxygens (including phenoxy) is 1. The number of carbonyl (C=O) groups excluding carboxylic acids is 1. The van der Waals surface area contributed by atoms with E-state index >= 15 is 0 Å². The van der Waals surface area contributed by atoms with Gasteiger partial charge in [0.1, 0.15) is 23.0 Å². The van der Waals surface area contributed by atoms with Gasteiger partial charge in [0.05, 0.1) is 23.9 Å². The Bertz CT molecular complexity index is 1500. The zero-order valence-corrected chi connectivity index (χ0v) is 19.9. The van der Waals surface area contributed by atoms with Crippen LogP contribution in [0.2, 0.25) is 0 Å². The molecule has 0 atom stereocenters. The van der Waals surface area contributed by atoms with Crippen LogP contribution in [0, 0.1) is 11.6 Å². The van der Waals surface area contributed by atoms with Gasteiger partial charge in [-0.25, -0.2) is 27.0 Å². The number of carbonyl (C=O) groups is 1. The third-order valence-electron chi connectivity index (χ3n) is 5.30. The summed E-state index contributed by atoms with van der Waals surface area (Å²) >= 11 is 0. The standard InChI is InChI=1S/C26H21F2N3O4S/c1-35-26(32)25-21(8-5-9-22(25)27)17-10-11-18(23(28)14-17)15-29-24-13-12-19(16-30-24)31-36(33,34)20-6-3-2-4-7-20/h2-14,16,31H,15H2,1H3,(H,29,30). The number of nitrogens with zero attached hydrogens (tertiary/aromatic N) is 1. The summed E-state index contributed by atoms with van der Waals surface area (Å²) < 4.78 is 61.0. The minimum Gasteiger partial charge on any atom is -0.465 e. The third-order valence-corrected chi connectivity index (χ3v) is 6.69. The zero-order valence-electron chi connectivity index (χ0n) is 19.0. The number of benzene rings is 3. The maximum Gasteiger partial charge on any atom is 0.341 e. The summed E-state index contributed by atoms with van der Waals surface area (Å²) in [6, 6.07) is 19.4. The molecule has 1 heterocycles. The second-order valence-electron chi connectivity index (χ2n) is 7.66. The molecule has 0 bridgehead atoms. The molecular weight excluding hydrogens is 488 g/mol. The molecule has 0 fully saturated rings. The molecule has 0 aliphatic rings. The average Bonchev–Trinajstić information content (AvgIpc) is 2.88. The van der Waals surface area contributed by atoms with Crippen LogP contribution in [-0.2, 0) is 21.3 Å². The van der Waals surface area contributed by atoms with E-state index < -0.39 is 27.6 Å². The maximum absolute atomic E-state index is 14.8. The van der Waals surface area contributed by atoms with Crippen LogP contribution >= 0.6 is 0 Å². The van der Waals surface area contributed by atoms with E-state index in [1.807, 2.05) is 0 Å². The quantitative estimate of drug-likeness (QED) is 0.316. The number of esters is 1. The van der Waals surface area contributed by atoms with Gasteiger partial charge < -0.3 is 10.1 Å². The van der Waals surface area contributed by atoms with E-state index in [1.54, 1.807) is 30.3 Å². The number of hydrogen-bond donors (Lipinski definition) is 2. The Morgan fingerprint density at radius 1 is 0.944 bits per heavy atom. The second-order valence-corrected chi connectivity index (χ2v) is 9.35. The van der Waals surface area contributed by atoms with Crippen molar-refractivity contribution in [2.24, 2.45) is 0 Å². The van der Waals surface area contributed by atoms with Gasteiger partial charge in [-0.05, 0) is 47.5 Å². The van der Waals surface area contributed by atoms with Crippen molar-refractivity contribution in [1.29, 1.82) is 0 Å². The minimum atomic E-state index is -3.74. The van der Waals surface area contributed by atoms with E-state index in [0.29, 0.717) is 16.9 Å². The predicted octanol–water partition coefficient (Wildman–Crippen LogP) is 5.23. The maximum atomic E-state index is 14.8. The Balaban J connectivity index is 1.45. The molecule has 0 aliphatic carbocycles. The first-order valence-electron chi connectivity index (χ1n) is 10.7. The van der Waals surface area contributed by atoms with Crippen molar-refractivity contribution in [3.63, 3.8) is 0 Å². The highest BCUT2D eigenvalue weighted by atomic mass is 32.2. The minimum absolute atomic E-state index is 0.0845. The van der Waals surface area contributed by atoms with E-state index in [1.165, 1.54) is 48.7 Å². The lowest BCUT2D eigenvalue weighted by Gasteiger charge is -2.12. The molecule has 0 saturated heterocycles. The second kappa shape index (κ2) is 10.5. The number of aromatic nitrogens is 1. The van der Waals surface area contributed by atoms with Gasteiger partial charge in [0.15, 0.2) is 0 Å². The molecular formula is C26H21F2N3O4S. The van der Waals surface area contributed by atoms with E-state index in [2.05, 4.69) is 19.8 Å². The van der Waals surface area contributed by atoms with Crippen molar-refractivity contribution in [2.75, 3.05) is 17.1 Å². The number of pyridine rings is 1. The first-order valence-corrected chi connectivity index (χ1v) is 12.2. The molecule has 3 aromatic carbocycles. The lowest BCUT2D eigenvalue weighted by Crippen LogP contribution is -2.13. The highest BCUT2D eigenvalue weighted by molar-refractivity contribution is 7.92. The van der Waals surface area contributed by atoms with Crippen LogP contribution in [0.1, 0.15) is 15.9 Å². The lowest BCUT2D eigenvalue weighted by atomic mass is 9.98. The van der Waals surface area contributed by atoms with E-state index in [0.717, 1.165) is 13.2 Å². The first kappa shape index (κ1) is 24.8. The number of halogens is 2. The molecule has 0 aliphatic heterocycles. The summed E-state index contributed by atoms with van der Waals surface area (Å²) in [7, 11) is -2.59. The Morgan fingerprint density at radius 3 is 2.39 bits per heavy atom. The number of rotatable bonds is 8. The number of sulfonamides is 1. The lowest BCUT2D eigenvalue weighted by molar-refractivity contribution is 0.0596. The van der Waals surface area contributed by atoms with Crippen LogP contribution in [0.3, 0.4) is 0 Å². The molecule has 4 aromatic rings. The molecule has 184 valence electrons. The van der Waals surface area contributed by atoms with Crippen LogP contribution in [0.25, 0.3) is 11.1 Å². The van der Waals surface area contributed by atoms with Gasteiger partial charge in [0.2, 0.25) is 0 Å². The Labute approximate surface area is 206 Å². The monoisotopic (exact) mass is 509 g/mol. The molecule has 1 aromatic heterocycles. The van der Waals surface area contributed by atoms with Gasteiger partial charge in [-0.1, -0.05) is 42.5 Å². The van der Waals surface area contributed by atoms with Gasteiger partial charge in [0.25, 0.3) is 10.0 Å². The van der Waals surface area contributed by atoms with E-state index in [9.17, 15) is 22.0 Å². The van der Waals surface area contributed by atoms with Crippen molar-refractivity contribution in [3.8, 4) is 11.1 Å². The molecule has 0 radical (unpaired) electrons. The van der Waals surface area contributed by atoms with Crippen LogP contribution in [0.5, 0.6) is 0 Å². The summed E-state index contributed by atoms with van der Waals surface area (Å²) in [6.45, 7) is 0.0845. The van der Waals surface area contributed by atoms with E-state index in [-0.39, 0.29) is 28.3 Å². The van der Waals surface area contributed by atoms with Gasteiger partial charge >= 0.3 is 5.97 Å². The highest BCUT2D eigenvalue weighted by Gasteiger charge is 2.19. The molecule has 0 saturated carbocycles. The smallest absolute Gasteiger partial charge is 0.341 e. The third kappa shape index (κ3) is 5.49. The molecule has 0 unspecified atom stereocenters. The van der Waals surface area contributed by atoms with Crippen LogP contribution in [0.4, 0.5) is 20.3 Å². The fourth-order valence-electron chi connectivity index (χ4n) is 3.49. The summed E-state index contributed by atoms with van der Waals surface area (Å²) in [5.41, 5.74) is 0.860. The number of anilines is 2. The van der Waals surface area contributed by atoms with Crippen molar-refractivity contribution in [3.05, 3.63) is 108 Å². The number of methoxy groups -OCH3 is 1. The average molecular weight is 510 g/mol. The normalized spacial score (nSPS) is 11.1. The van der Waals surface area contributed by atoms with Crippen molar-refractivity contribution in [2.45, 2.75) is 11.4 Å². The van der Waals surface area contributed by atoms with Crippen LogP contribution < -0.4 is 10.0 Å². The summed E-state index contributed by atoms with van der Waals surface area (Å²) in [5, 5.41) is 2.97. The molecule has 36 heavy (non-hydrogen) atoms.